The smallest absolute Gasteiger partial charge is 0.200 e. The number of nitrogens with two attached hydrogens (primary N) is 1. The summed E-state index contributed by atoms with van der Waals surface area (Å²) in [6, 6.07) is 11.1. The first-order chi connectivity index (χ1) is 7.75. The summed E-state index contributed by atoms with van der Waals surface area (Å²) in [6.45, 7) is 1.98. The van der Waals surface area contributed by atoms with Crippen LogP contribution in [-0.2, 0) is 0 Å². The summed E-state index contributed by atoms with van der Waals surface area (Å²) in [7, 11) is 0. The predicted octanol–water partition coefficient (Wildman–Crippen LogP) is 2.50. The van der Waals surface area contributed by atoms with Crippen molar-refractivity contribution in [2.24, 2.45) is 0 Å². The highest BCUT2D eigenvalue weighted by Gasteiger charge is 2.40. The molecular formula is C13H15N3. The van der Waals surface area contributed by atoms with Gasteiger partial charge in [-0.1, -0.05) is 30.3 Å². The van der Waals surface area contributed by atoms with E-state index in [2.05, 4.69) is 39.9 Å². The topological polar surface area (TPSA) is 43.8 Å². The monoisotopic (exact) mass is 213 g/mol. The van der Waals surface area contributed by atoms with Crippen LogP contribution in [0.4, 0.5) is 5.95 Å². The van der Waals surface area contributed by atoms with Crippen LogP contribution < -0.4 is 5.73 Å². The highest BCUT2D eigenvalue weighted by atomic mass is 15.2. The van der Waals surface area contributed by atoms with Crippen molar-refractivity contribution in [2.75, 3.05) is 5.73 Å². The first-order valence-corrected chi connectivity index (χ1v) is 5.61. The molecule has 1 heterocycles. The van der Waals surface area contributed by atoms with Crippen LogP contribution in [0.5, 0.6) is 0 Å². The number of hydrogen-bond acceptors (Lipinski definition) is 2. The van der Waals surface area contributed by atoms with E-state index in [0.717, 1.165) is 5.69 Å². The predicted molar refractivity (Wildman–Crippen MR) is 64.2 cm³/mol. The van der Waals surface area contributed by atoms with Crippen LogP contribution in [0.3, 0.4) is 0 Å². The summed E-state index contributed by atoms with van der Waals surface area (Å²) in [5.41, 5.74) is 8.27. The Kier molecular flexibility index (Phi) is 1.99. The van der Waals surface area contributed by atoms with Crippen molar-refractivity contribution < 1.29 is 0 Å². The second-order valence-corrected chi connectivity index (χ2v) is 4.47. The Morgan fingerprint density at radius 3 is 2.69 bits per heavy atom. The van der Waals surface area contributed by atoms with E-state index < -0.39 is 0 Å². The van der Waals surface area contributed by atoms with Gasteiger partial charge in [0.2, 0.25) is 5.95 Å². The summed E-state index contributed by atoms with van der Waals surface area (Å²) in [4.78, 5) is 4.24. The molecule has 2 unspecified atom stereocenters. The third-order valence-electron chi connectivity index (χ3n) is 3.22. The van der Waals surface area contributed by atoms with Gasteiger partial charge in [-0.15, -0.1) is 0 Å². The van der Waals surface area contributed by atoms with Gasteiger partial charge in [-0.2, -0.15) is 0 Å². The van der Waals surface area contributed by atoms with Crippen LogP contribution in [0, 0.1) is 6.92 Å². The molecule has 0 bridgehead atoms. The van der Waals surface area contributed by atoms with Crippen LogP contribution in [0.25, 0.3) is 0 Å². The fraction of sp³-hybridized carbons (Fsp3) is 0.308. The van der Waals surface area contributed by atoms with Gasteiger partial charge in [-0.3, -0.25) is 0 Å². The van der Waals surface area contributed by atoms with Gasteiger partial charge in [0.05, 0.1) is 5.69 Å². The third kappa shape index (κ3) is 1.48. The quantitative estimate of drug-likeness (QED) is 0.833. The number of imidazole rings is 1. The first kappa shape index (κ1) is 9.46. The molecule has 2 atom stereocenters. The standard InChI is InChI=1S/C13H15N3/c1-9-8-16(13(14)15-9)12-7-11(12)10-5-3-2-4-6-10/h2-6,8,11-12H,7H2,1H3,(H2,14,15). The highest BCUT2D eigenvalue weighted by Crippen LogP contribution is 2.52. The molecule has 3 heteroatoms. The molecule has 0 amide bonds. The second-order valence-electron chi connectivity index (χ2n) is 4.47. The lowest BCUT2D eigenvalue weighted by Crippen LogP contribution is -2.00. The minimum Gasteiger partial charge on any atom is -0.369 e. The van der Waals surface area contributed by atoms with Crippen molar-refractivity contribution in [3.63, 3.8) is 0 Å². The fourth-order valence-corrected chi connectivity index (χ4v) is 2.35. The molecule has 1 saturated carbocycles. The van der Waals surface area contributed by atoms with E-state index in [4.69, 9.17) is 5.73 Å². The number of nitrogens with zero attached hydrogens (tertiary/aromatic N) is 2. The molecule has 82 valence electrons. The largest absolute Gasteiger partial charge is 0.369 e. The number of aryl methyl sites for hydroxylation is 1. The Hall–Kier alpha value is -1.77. The summed E-state index contributed by atoms with van der Waals surface area (Å²) >= 11 is 0. The Morgan fingerprint density at radius 2 is 2.06 bits per heavy atom. The number of aromatic nitrogens is 2. The summed E-state index contributed by atoms with van der Waals surface area (Å²) in [5.74, 6) is 1.25. The molecular weight excluding hydrogens is 198 g/mol. The normalized spacial score (nSPS) is 23.3. The molecule has 16 heavy (non-hydrogen) atoms. The maximum atomic E-state index is 5.87. The van der Waals surface area contributed by atoms with E-state index in [0.29, 0.717) is 17.9 Å². The van der Waals surface area contributed by atoms with Crippen LogP contribution in [0.1, 0.15) is 29.6 Å². The molecule has 1 aliphatic carbocycles. The molecule has 3 nitrogen and oxygen atoms in total. The molecule has 0 saturated heterocycles. The number of rotatable bonds is 2. The highest BCUT2D eigenvalue weighted by molar-refractivity contribution is 5.31. The lowest BCUT2D eigenvalue weighted by Gasteiger charge is -2.03. The fourth-order valence-electron chi connectivity index (χ4n) is 2.35. The van der Waals surface area contributed by atoms with E-state index >= 15 is 0 Å². The van der Waals surface area contributed by atoms with E-state index in [1.807, 2.05) is 13.1 Å². The average Bonchev–Trinajstić information content (AvgIpc) is 3.00. The van der Waals surface area contributed by atoms with E-state index in [1.165, 1.54) is 12.0 Å². The Labute approximate surface area is 94.9 Å². The maximum absolute atomic E-state index is 5.87. The zero-order chi connectivity index (χ0) is 11.1. The van der Waals surface area contributed by atoms with Gasteiger partial charge < -0.3 is 10.3 Å². The van der Waals surface area contributed by atoms with Crippen molar-refractivity contribution in [1.29, 1.82) is 0 Å². The molecule has 2 aromatic rings. The lowest BCUT2D eigenvalue weighted by atomic mass is 10.1. The minimum absolute atomic E-state index is 0.503. The van der Waals surface area contributed by atoms with Crippen molar-refractivity contribution in [1.82, 2.24) is 9.55 Å². The number of anilines is 1. The van der Waals surface area contributed by atoms with Crippen LogP contribution in [-0.4, -0.2) is 9.55 Å². The number of nitrogen functional groups attached to an aromatic ring is 1. The zero-order valence-electron chi connectivity index (χ0n) is 9.30. The van der Waals surface area contributed by atoms with E-state index in [9.17, 15) is 0 Å². The van der Waals surface area contributed by atoms with Gasteiger partial charge in [-0.25, -0.2) is 4.98 Å². The van der Waals surface area contributed by atoms with Crippen molar-refractivity contribution in [3.8, 4) is 0 Å². The summed E-state index contributed by atoms with van der Waals surface area (Å²) in [5, 5.41) is 0. The summed E-state index contributed by atoms with van der Waals surface area (Å²) in [6.07, 6.45) is 3.22. The number of hydrogen-bond donors (Lipinski definition) is 1. The molecule has 1 aliphatic rings. The maximum Gasteiger partial charge on any atom is 0.200 e. The van der Waals surface area contributed by atoms with Gasteiger partial charge >= 0.3 is 0 Å². The van der Waals surface area contributed by atoms with E-state index in [-0.39, 0.29) is 0 Å². The van der Waals surface area contributed by atoms with Gasteiger partial charge in [0.15, 0.2) is 0 Å². The van der Waals surface area contributed by atoms with Gasteiger partial charge in [0, 0.05) is 18.2 Å². The number of benzene rings is 1. The molecule has 0 aliphatic heterocycles. The summed E-state index contributed by atoms with van der Waals surface area (Å²) < 4.78 is 2.10. The molecule has 0 radical (unpaired) electrons. The third-order valence-corrected chi connectivity index (χ3v) is 3.22. The molecule has 2 N–H and O–H groups in total. The Balaban J connectivity index is 1.84. The van der Waals surface area contributed by atoms with E-state index in [1.54, 1.807) is 0 Å². The average molecular weight is 213 g/mol. The Bertz CT molecular complexity index is 501. The molecule has 1 aromatic carbocycles. The van der Waals surface area contributed by atoms with Gasteiger partial charge in [-0.05, 0) is 18.9 Å². The Morgan fingerprint density at radius 1 is 1.31 bits per heavy atom. The van der Waals surface area contributed by atoms with Crippen molar-refractivity contribution in [2.45, 2.75) is 25.3 Å². The van der Waals surface area contributed by atoms with Crippen molar-refractivity contribution >= 4 is 5.95 Å². The molecule has 0 spiro atoms. The molecule has 3 rings (SSSR count). The molecule has 1 fully saturated rings. The minimum atomic E-state index is 0.503. The SMILES string of the molecule is Cc1cn(C2CC2c2ccccc2)c(N)n1. The molecule has 1 aromatic heterocycles. The first-order valence-electron chi connectivity index (χ1n) is 5.61. The zero-order valence-corrected chi connectivity index (χ0v) is 9.30. The van der Waals surface area contributed by atoms with Crippen LogP contribution in [0.15, 0.2) is 36.5 Å². The second kappa shape index (κ2) is 3.37. The van der Waals surface area contributed by atoms with Gasteiger partial charge in [0.1, 0.15) is 0 Å². The van der Waals surface area contributed by atoms with Gasteiger partial charge in [0.25, 0.3) is 0 Å². The van der Waals surface area contributed by atoms with Crippen LogP contribution in [0.2, 0.25) is 0 Å². The van der Waals surface area contributed by atoms with Crippen LogP contribution >= 0.6 is 0 Å². The van der Waals surface area contributed by atoms with Crippen molar-refractivity contribution in [3.05, 3.63) is 47.8 Å². The lowest BCUT2D eigenvalue weighted by molar-refractivity contribution is 0.727.